The Labute approximate surface area is 141 Å². The molecule has 1 amide bonds. The zero-order valence-corrected chi connectivity index (χ0v) is 14.0. The Morgan fingerprint density at radius 2 is 1.54 bits per heavy atom. The van der Waals surface area contributed by atoms with Crippen LogP contribution in [0.25, 0.3) is 0 Å². The third-order valence-corrected chi connectivity index (χ3v) is 3.16. The van der Waals surface area contributed by atoms with Crippen LogP contribution in [0, 0.1) is 0 Å². The molecule has 2 rings (SSSR count). The highest BCUT2D eigenvalue weighted by molar-refractivity contribution is 5.97. The van der Waals surface area contributed by atoms with Gasteiger partial charge in [0.2, 0.25) is 0 Å². The van der Waals surface area contributed by atoms with Crippen molar-refractivity contribution < 1.29 is 19.1 Å². The molecule has 5 nitrogen and oxygen atoms in total. The van der Waals surface area contributed by atoms with Crippen molar-refractivity contribution in [2.24, 2.45) is 0 Å². The zero-order chi connectivity index (χ0) is 17.5. The molecule has 5 heteroatoms. The highest BCUT2D eigenvalue weighted by atomic mass is 16.5. The molecule has 2 aromatic carbocycles. The van der Waals surface area contributed by atoms with Crippen molar-refractivity contribution in [3.05, 3.63) is 60.2 Å². The molecule has 126 valence electrons. The summed E-state index contributed by atoms with van der Waals surface area (Å²) in [5, 5.41) is 2.69. The third kappa shape index (κ3) is 5.12. The Hall–Kier alpha value is -2.82. The second-order valence-electron chi connectivity index (χ2n) is 5.59. The van der Waals surface area contributed by atoms with Crippen molar-refractivity contribution >= 4 is 17.6 Å². The number of ether oxygens (including phenoxy) is 2. The lowest BCUT2D eigenvalue weighted by molar-refractivity contribution is -0.123. The van der Waals surface area contributed by atoms with E-state index >= 15 is 0 Å². The molecule has 0 saturated heterocycles. The van der Waals surface area contributed by atoms with Gasteiger partial charge in [0.15, 0.2) is 6.10 Å². The van der Waals surface area contributed by atoms with E-state index in [2.05, 4.69) is 5.32 Å². The molecule has 0 aliphatic heterocycles. The predicted octanol–water partition coefficient (Wildman–Crippen LogP) is 3.66. The lowest BCUT2D eigenvalue weighted by Gasteiger charge is -2.14. The molecule has 0 bridgehead atoms. The summed E-state index contributed by atoms with van der Waals surface area (Å²) < 4.78 is 10.7. The van der Waals surface area contributed by atoms with E-state index in [1.807, 2.05) is 32.0 Å². The largest absolute Gasteiger partial charge is 0.491 e. The Bertz CT molecular complexity index is 680. The van der Waals surface area contributed by atoms with Gasteiger partial charge in [0.05, 0.1) is 11.7 Å². The second kappa shape index (κ2) is 8.15. The first-order chi connectivity index (χ1) is 11.5. The highest BCUT2D eigenvalue weighted by Crippen LogP contribution is 2.15. The minimum absolute atomic E-state index is 0.0597. The van der Waals surface area contributed by atoms with E-state index in [1.165, 1.54) is 6.92 Å². The average Bonchev–Trinajstić information content (AvgIpc) is 2.55. The van der Waals surface area contributed by atoms with Crippen LogP contribution in [0.4, 0.5) is 5.69 Å². The molecule has 0 fully saturated rings. The number of amides is 1. The molecule has 0 aliphatic rings. The number of benzene rings is 2. The Morgan fingerprint density at radius 1 is 0.917 bits per heavy atom. The van der Waals surface area contributed by atoms with Crippen LogP contribution in [-0.4, -0.2) is 24.1 Å². The van der Waals surface area contributed by atoms with Gasteiger partial charge < -0.3 is 14.8 Å². The summed E-state index contributed by atoms with van der Waals surface area (Å²) in [4.78, 5) is 24.1. The summed E-state index contributed by atoms with van der Waals surface area (Å²) in [6.07, 6.45) is -0.839. The second-order valence-corrected chi connectivity index (χ2v) is 5.59. The van der Waals surface area contributed by atoms with Gasteiger partial charge in [-0.05, 0) is 57.2 Å². The number of carbonyl (C=O) groups excluding carboxylic acids is 2. The first-order valence-electron chi connectivity index (χ1n) is 7.79. The smallest absolute Gasteiger partial charge is 0.338 e. The van der Waals surface area contributed by atoms with Gasteiger partial charge in [-0.1, -0.05) is 18.2 Å². The van der Waals surface area contributed by atoms with E-state index in [4.69, 9.17) is 9.47 Å². The third-order valence-electron chi connectivity index (χ3n) is 3.16. The lowest BCUT2D eigenvalue weighted by atomic mass is 10.2. The minimum Gasteiger partial charge on any atom is -0.491 e. The van der Waals surface area contributed by atoms with Crippen molar-refractivity contribution in [2.75, 3.05) is 5.32 Å². The Balaban J connectivity index is 1.92. The van der Waals surface area contributed by atoms with Crippen LogP contribution in [0.1, 0.15) is 31.1 Å². The predicted molar refractivity (Wildman–Crippen MR) is 92.2 cm³/mol. The summed E-state index contributed by atoms with van der Waals surface area (Å²) in [5.74, 6) is -0.257. The fourth-order valence-corrected chi connectivity index (χ4v) is 1.99. The molecule has 0 aromatic heterocycles. The average molecular weight is 327 g/mol. The van der Waals surface area contributed by atoms with Crippen LogP contribution >= 0.6 is 0 Å². The molecule has 1 atom stereocenters. The maximum Gasteiger partial charge on any atom is 0.338 e. The van der Waals surface area contributed by atoms with Crippen molar-refractivity contribution in [3.8, 4) is 5.75 Å². The molecule has 0 spiro atoms. The maximum absolute atomic E-state index is 12.1. The van der Waals surface area contributed by atoms with Crippen molar-refractivity contribution in [3.63, 3.8) is 0 Å². The number of para-hydroxylation sites is 1. The van der Waals surface area contributed by atoms with E-state index < -0.39 is 12.1 Å². The van der Waals surface area contributed by atoms with Gasteiger partial charge in [0.25, 0.3) is 5.91 Å². The summed E-state index contributed by atoms with van der Waals surface area (Å²) in [6, 6.07) is 15.6. The SMILES string of the molecule is CC(C)Oc1ccc(C(=O)O[C@@H](C)C(=O)Nc2ccccc2)cc1. The maximum atomic E-state index is 12.1. The number of rotatable bonds is 6. The van der Waals surface area contributed by atoms with E-state index in [0.717, 1.165) is 0 Å². The van der Waals surface area contributed by atoms with Gasteiger partial charge in [-0.25, -0.2) is 4.79 Å². The van der Waals surface area contributed by atoms with Gasteiger partial charge in [-0.3, -0.25) is 4.79 Å². The molecule has 0 radical (unpaired) electrons. The summed E-state index contributed by atoms with van der Waals surface area (Å²) in [5.41, 5.74) is 1.02. The molecular formula is C19H21NO4. The molecule has 0 aliphatic carbocycles. The minimum atomic E-state index is -0.899. The Morgan fingerprint density at radius 3 is 2.12 bits per heavy atom. The van der Waals surface area contributed by atoms with Crippen molar-refractivity contribution in [1.82, 2.24) is 0 Å². The molecule has 1 N–H and O–H groups in total. The molecule has 0 unspecified atom stereocenters. The number of hydrogen-bond acceptors (Lipinski definition) is 4. The highest BCUT2D eigenvalue weighted by Gasteiger charge is 2.19. The molecular weight excluding hydrogens is 306 g/mol. The van der Waals surface area contributed by atoms with E-state index in [9.17, 15) is 9.59 Å². The standard InChI is InChI=1S/C19H21NO4/c1-13(2)23-17-11-9-15(10-12-17)19(22)24-14(3)18(21)20-16-7-5-4-6-8-16/h4-14H,1-3H3,(H,20,21)/t14-/m0/s1. The number of hydrogen-bond donors (Lipinski definition) is 1. The van der Waals surface area contributed by atoms with E-state index in [0.29, 0.717) is 17.0 Å². The monoisotopic (exact) mass is 327 g/mol. The number of anilines is 1. The fraction of sp³-hybridized carbons (Fsp3) is 0.263. The van der Waals surface area contributed by atoms with E-state index in [1.54, 1.807) is 36.4 Å². The van der Waals surface area contributed by atoms with Gasteiger partial charge in [0, 0.05) is 5.69 Å². The zero-order valence-electron chi connectivity index (χ0n) is 14.0. The van der Waals surface area contributed by atoms with Crippen molar-refractivity contribution in [2.45, 2.75) is 33.0 Å². The summed E-state index contributed by atoms with van der Waals surface area (Å²) >= 11 is 0. The van der Waals surface area contributed by atoms with Gasteiger partial charge in [-0.2, -0.15) is 0 Å². The lowest BCUT2D eigenvalue weighted by Crippen LogP contribution is -2.29. The van der Waals surface area contributed by atoms with Crippen LogP contribution in [0.3, 0.4) is 0 Å². The summed E-state index contributed by atoms with van der Waals surface area (Å²) in [7, 11) is 0. The normalized spacial score (nSPS) is 11.7. The van der Waals surface area contributed by atoms with Crippen LogP contribution in [0.2, 0.25) is 0 Å². The number of nitrogens with one attached hydrogen (secondary N) is 1. The van der Waals surface area contributed by atoms with Gasteiger partial charge in [0.1, 0.15) is 5.75 Å². The fourth-order valence-electron chi connectivity index (χ4n) is 1.99. The quantitative estimate of drug-likeness (QED) is 0.822. The first-order valence-corrected chi connectivity index (χ1v) is 7.79. The van der Waals surface area contributed by atoms with Crippen LogP contribution in [0.5, 0.6) is 5.75 Å². The topological polar surface area (TPSA) is 64.6 Å². The van der Waals surface area contributed by atoms with Gasteiger partial charge >= 0.3 is 5.97 Å². The number of carbonyl (C=O) groups is 2. The van der Waals surface area contributed by atoms with Crippen LogP contribution in [-0.2, 0) is 9.53 Å². The van der Waals surface area contributed by atoms with Crippen molar-refractivity contribution in [1.29, 1.82) is 0 Å². The van der Waals surface area contributed by atoms with Crippen LogP contribution < -0.4 is 10.1 Å². The molecule has 24 heavy (non-hydrogen) atoms. The number of esters is 1. The Kier molecular flexibility index (Phi) is 5.95. The molecule has 0 saturated carbocycles. The molecule has 2 aromatic rings. The summed E-state index contributed by atoms with van der Waals surface area (Å²) in [6.45, 7) is 5.39. The molecule has 0 heterocycles. The van der Waals surface area contributed by atoms with Crippen LogP contribution in [0.15, 0.2) is 54.6 Å². The van der Waals surface area contributed by atoms with Gasteiger partial charge in [-0.15, -0.1) is 0 Å². The van der Waals surface area contributed by atoms with E-state index in [-0.39, 0.29) is 12.0 Å². The first kappa shape index (κ1) is 17.5.